The van der Waals surface area contributed by atoms with Gasteiger partial charge < -0.3 is 20.3 Å². The number of nitrogens with one attached hydrogen (secondary N) is 2. The SMILES string of the molecule is CCN(CC)c1ccc(NC(=O)c2ccc(Nc3cccc(OC)c3)cn2)cc1. The van der Waals surface area contributed by atoms with Gasteiger partial charge in [0.05, 0.1) is 19.0 Å². The lowest BCUT2D eigenvalue weighted by molar-refractivity contribution is 0.102. The Morgan fingerprint density at radius 2 is 1.69 bits per heavy atom. The van der Waals surface area contributed by atoms with E-state index in [9.17, 15) is 4.79 Å². The van der Waals surface area contributed by atoms with Gasteiger partial charge in [-0.3, -0.25) is 4.79 Å². The Morgan fingerprint density at radius 1 is 0.966 bits per heavy atom. The zero-order chi connectivity index (χ0) is 20.6. The van der Waals surface area contributed by atoms with E-state index in [2.05, 4.69) is 34.4 Å². The van der Waals surface area contributed by atoms with Crippen molar-refractivity contribution in [3.8, 4) is 5.75 Å². The number of benzene rings is 2. The van der Waals surface area contributed by atoms with Crippen molar-refractivity contribution in [2.24, 2.45) is 0 Å². The maximum absolute atomic E-state index is 12.5. The summed E-state index contributed by atoms with van der Waals surface area (Å²) >= 11 is 0. The fraction of sp³-hybridized carbons (Fsp3) is 0.217. The molecule has 0 fully saturated rings. The van der Waals surface area contributed by atoms with Crippen molar-refractivity contribution in [3.05, 3.63) is 72.6 Å². The molecule has 6 heteroatoms. The van der Waals surface area contributed by atoms with E-state index in [-0.39, 0.29) is 5.91 Å². The summed E-state index contributed by atoms with van der Waals surface area (Å²) in [5.74, 6) is 0.527. The molecule has 1 heterocycles. The molecule has 0 radical (unpaired) electrons. The molecule has 3 aromatic rings. The van der Waals surface area contributed by atoms with Crippen LogP contribution in [-0.2, 0) is 0 Å². The molecule has 2 N–H and O–H groups in total. The molecule has 29 heavy (non-hydrogen) atoms. The number of nitrogens with zero attached hydrogens (tertiary/aromatic N) is 2. The Balaban J connectivity index is 1.62. The third kappa shape index (κ3) is 5.25. The number of methoxy groups -OCH3 is 1. The van der Waals surface area contributed by atoms with E-state index in [0.717, 1.165) is 41.6 Å². The molecular formula is C23H26N4O2. The molecule has 0 bridgehead atoms. The second kappa shape index (κ2) is 9.59. The summed E-state index contributed by atoms with van der Waals surface area (Å²) in [6, 6.07) is 19.0. The first-order chi connectivity index (χ1) is 14.1. The lowest BCUT2D eigenvalue weighted by Gasteiger charge is -2.21. The zero-order valence-electron chi connectivity index (χ0n) is 17.0. The average molecular weight is 390 g/mol. The van der Waals surface area contributed by atoms with Gasteiger partial charge in [0.2, 0.25) is 0 Å². The maximum Gasteiger partial charge on any atom is 0.274 e. The van der Waals surface area contributed by atoms with E-state index in [4.69, 9.17) is 4.74 Å². The van der Waals surface area contributed by atoms with Crippen molar-refractivity contribution in [3.63, 3.8) is 0 Å². The predicted molar refractivity (Wildman–Crippen MR) is 118 cm³/mol. The van der Waals surface area contributed by atoms with Gasteiger partial charge in [0.1, 0.15) is 11.4 Å². The van der Waals surface area contributed by atoms with Crippen LogP contribution in [0.25, 0.3) is 0 Å². The van der Waals surface area contributed by atoms with Crippen LogP contribution in [0.4, 0.5) is 22.7 Å². The minimum absolute atomic E-state index is 0.242. The van der Waals surface area contributed by atoms with Crippen molar-refractivity contribution in [1.29, 1.82) is 0 Å². The Morgan fingerprint density at radius 3 is 2.31 bits per heavy atom. The summed E-state index contributed by atoms with van der Waals surface area (Å²) in [6.07, 6.45) is 1.64. The van der Waals surface area contributed by atoms with Gasteiger partial charge >= 0.3 is 0 Å². The number of ether oxygens (including phenoxy) is 1. The largest absolute Gasteiger partial charge is 0.497 e. The Labute approximate surface area is 171 Å². The van der Waals surface area contributed by atoms with Crippen molar-refractivity contribution in [2.45, 2.75) is 13.8 Å². The van der Waals surface area contributed by atoms with Crippen LogP contribution in [0.3, 0.4) is 0 Å². The first-order valence-corrected chi connectivity index (χ1v) is 9.66. The molecule has 0 aliphatic heterocycles. The fourth-order valence-electron chi connectivity index (χ4n) is 3.01. The maximum atomic E-state index is 12.5. The summed E-state index contributed by atoms with van der Waals surface area (Å²) in [5, 5.41) is 6.13. The normalized spacial score (nSPS) is 10.3. The van der Waals surface area contributed by atoms with Gasteiger partial charge in [-0.2, -0.15) is 0 Å². The van der Waals surface area contributed by atoms with Crippen LogP contribution in [0.2, 0.25) is 0 Å². The van der Waals surface area contributed by atoms with E-state index in [0.29, 0.717) is 5.69 Å². The smallest absolute Gasteiger partial charge is 0.274 e. The molecule has 0 saturated heterocycles. The number of anilines is 4. The highest BCUT2D eigenvalue weighted by atomic mass is 16.5. The standard InChI is InChI=1S/C23H26N4O2/c1-4-27(5-2)20-12-9-17(10-13-20)26-23(28)22-14-11-19(16-24-22)25-18-7-6-8-21(15-18)29-3/h6-16,25H,4-5H2,1-3H3,(H,26,28). The van der Waals surface area contributed by atoms with Crippen molar-refractivity contribution in [2.75, 3.05) is 35.7 Å². The van der Waals surface area contributed by atoms with E-state index in [1.807, 2.05) is 54.6 Å². The molecule has 0 aliphatic rings. The van der Waals surface area contributed by atoms with Crippen molar-refractivity contribution in [1.82, 2.24) is 4.98 Å². The third-order valence-corrected chi connectivity index (χ3v) is 4.61. The average Bonchev–Trinajstić information content (AvgIpc) is 2.76. The number of carbonyl (C=O) groups is 1. The second-order valence-electron chi connectivity index (χ2n) is 6.46. The number of carbonyl (C=O) groups excluding carboxylic acids is 1. The number of hydrogen-bond donors (Lipinski definition) is 2. The molecule has 6 nitrogen and oxygen atoms in total. The van der Waals surface area contributed by atoms with Crippen LogP contribution in [0.5, 0.6) is 5.75 Å². The molecular weight excluding hydrogens is 364 g/mol. The minimum atomic E-state index is -0.242. The first-order valence-electron chi connectivity index (χ1n) is 9.66. The number of hydrogen-bond acceptors (Lipinski definition) is 5. The molecule has 150 valence electrons. The van der Waals surface area contributed by atoms with Gasteiger partial charge in [0.15, 0.2) is 0 Å². The molecule has 0 saturated carbocycles. The summed E-state index contributed by atoms with van der Waals surface area (Å²) in [4.78, 5) is 19.0. The van der Waals surface area contributed by atoms with E-state index in [1.54, 1.807) is 19.4 Å². The molecule has 0 atom stereocenters. The van der Waals surface area contributed by atoms with Gasteiger partial charge in [-0.05, 0) is 62.4 Å². The topological polar surface area (TPSA) is 66.5 Å². The van der Waals surface area contributed by atoms with Gasteiger partial charge in [-0.15, -0.1) is 0 Å². The predicted octanol–water partition coefficient (Wildman–Crippen LogP) is 4.93. The van der Waals surface area contributed by atoms with E-state index < -0.39 is 0 Å². The van der Waals surface area contributed by atoms with Crippen molar-refractivity contribution >= 4 is 28.7 Å². The quantitative estimate of drug-likeness (QED) is 0.571. The summed E-state index contributed by atoms with van der Waals surface area (Å²) in [5.41, 5.74) is 3.91. The fourth-order valence-corrected chi connectivity index (χ4v) is 3.01. The van der Waals surface area contributed by atoms with Crippen LogP contribution < -0.4 is 20.3 Å². The Bertz CT molecular complexity index is 936. The summed E-state index contributed by atoms with van der Waals surface area (Å²) in [6.45, 7) is 6.14. The number of pyridine rings is 1. The third-order valence-electron chi connectivity index (χ3n) is 4.61. The molecule has 2 aromatic carbocycles. The first kappa shape index (κ1) is 20.2. The van der Waals surface area contributed by atoms with E-state index in [1.165, 1.54) is 0 Å². The molecule has 0 aliphatic carbocycles. The summed E-state index contributed by atoms with van der Waals surface area (Å²) in [7, 11) is 1.63. The second-order valence-corrected chi connectivity index (χ2v) is 6.46. The van der Waals surface area contributed by atoms with Crippen LogP contribution in [-0.4, -0.2) is 31.1 Å². The lowest BCUT2D eigenvalue weighted by Crippen LogP contribution is -2.21. The highest BCUT2D eigenvalue weighted by molar-refractivity contribution is 6.03. The van der Waals surface area contributed by atoms with Crippen molar-refractivity contribution < 1.29 is 9.53 Å². The lowest BCUT2D eigenvalue weighted by atomic mass is 10.2. The minimum Gasteiger partial charge on any atom is -0.497 e. The van der Waals surface area contributed by atoms with Gasteiger partial charge in [0.25, 0.3) is 5.91 Å². The summed E-state index contributed by atoms with van der Waals surface area (Å²) < 4.78 is 5.22. The zero-order valence-corrected chi connectivity index (χ0v) is 17.0. The van der Waals surface area contributed by atoms with Gasteiger partial charge in [-0.25, -0.2) is 4.98 Å². The molecule has 0 unspecified atom stereocenters. The van der Waals surface area contributed by atoms with Crippen LogP contribution in [0.1, 0.15) is 24.3 Å². The van der Waals surface area contributed by atoms with Crippen LogP contribution >= 0.6 is 0 Å². The number of rotatable bonds is 8. The molecule has 3 rings (SSSR count). The van der Waals surface area contributed by atoms with Gasteiger partial charge in [0, 0.05) is 36.2 Å². The van der Waals surface area contributed by atoms with Crippen LogP contribution in [0, 0.1) is 0 Å². The monoisotopic (exact) mass is 390 g/mol. The molecule has 0 spiro atoms. The number of aromatic nitrogens is 1. The highest BCUT2D eigenvalue weighted by Crippen LogP contribution is 2.21. The highest BCUT2D eigenvalue weighted by Gasteiger charge is 2.09. The number of amides is 1. The van der Waals surface area contributed by atoms with Gasteiger partial charge in [-0.1, -0.05) is 6.07 Å². The Hall–Kier alpha value is -3.54. The van der Waals surface area contributed by atoms with E-state index >= 15 is 0 Å². The molecule has 1 amide bonds. The Kier molecular flexibility index (Phi) is 6.68. The van der Waals surface area contributed by atoms with Crippen LogP contribution in [0.15, 0.2) is 66.9 Å². The molecule has 1 aromatic heterocycles.